The summed E-state index contributed by atoms with van der Waals surface area (Å²) in [6.07, 6.45) is 2.58. The monoisotopic (exact) mass is 552 g/mol. The molecular formula is C31H29ClN6O2. The number of benzene rings is 3. The second kappa shape index (κ2) is 11.8. The van der Waals surface area contributed by atoms with Gasteiger partial charge in [-0.15, -0.1) is 5.10 Å². The summed E-state index contributed by atoms with van der Waals surface area (Å²) in [5, 5.41) is 11.4. The lowest BCUT2D eigenvalue weighted by molar-refractivity contribution is 0.102. The Kier molecular flexibility index (Phi) is 7.61. The zero-order chi connectivity index (χ0) is 27.3. The first-order chi connectivity index (χ1) is 19.6. The Morgan fingerprint density at radius 1 is 0.900 bits per heavy atom. The molecule has 6 rings (SSSR count). The number of ether oxygens (including phenoxy) is 1. The van der Waals surface area contributed by atoms with Gasteiger partial charge in [-0.1, -0.05) is 35.9 Å². The van der Waals surface area contributed by atoms with Crippen molar-refractivity contribution in [3.05, 3.63) is 102 Å². The molecule has 0 radical (unpaired) electrons. The quantitative estimate of drug-likeness (QED) is 0.216. The van der Waals surface area contributed by atoms with Gasteiger partial charge in [-0.2, -0.15) is 4.98 Å². The van der Waals surface area contributed by atoms with E-state index >= 15 is 0 Å². The molecule has 1 aliphatic heterocycles. The number of likely N-dealkylation sites (tertiary alicyclic amines) is 1. The number of fused-ring (bicyclic) bond motifs is 1. The van der Waals surface area contributed by atoms with Crippen molar-refractivity contribution in [2.45, 2.75) is 12.8 Å². The molecule has 8 nitrogen and oxygen atoms in total. The molecule has 2 N–H and O–H groups in total. The number of hydrogen-bond acceptors (Lipinski definition) is 6. The third-order valence-corrected chi connectivity index (χ3v) is 7.11. The van der Waals surface area contributed by atoms with Crippen LogP contribution in [-0.2, 0) is 0 Å². The summed E-state index contributed by atoms with van der Waals surface area (Å²) in [5.41, 5.74) is 4.61. The standard InChI is InChI=1S/C31H29ClN6O2/c32-24-6-3-5-23(21-24)30(39)33-25-11-9-22(10-12-25)28-7-4-8-29-35-31(36-38(28)29)34-26-13-15-27(16-14-26)40-20-19-37-17-1-2-18-37/h3-16,21H,1-2,17-20H2,(H,33,39)(H,34,36). The number of hydrogen-bond donors (Lipinski definition) is 2. The number of carbonyl (C=O) groups is 1. The molecule has 0 bridgehead atoms. The number of nitrogens with zero attached hydrogens (tertiary/aromatic N) is 4. The van der Waals surface area contributed by atoms with Crippen LogP contribution in [0.2, 0.25) is 5.02 Å². The lowest BCUT2D eigenvalue weighted by Crippen LogP contribution is -2.25. The number of aromatic nitrogens is 3. The molecule has 1 saturated heterocycles. The lowest BCUT2D eigenvalue weighted by Gasteiger charge is -2.15. The number of carbonyl (C=O) groups excluding carboxylic acids is 1. The molecule has 1 fully saturated rings. The van der Waals surface area contributed by atoms with Crippen molar-refractivity contribution in [3.63, 3.8) is 0 Å². The molecule has 202 valence electrons. The first kappa shape index (κ1) is 25.9. The summed E-state index contributed by atoms with van der Waals surface area (Å²) in [6, 6.07) is 28.2. The molecule has 3 heterocycles. The summed E-state index contributed by atoms with van der Waals surface area (Å²) < 4.78 is 7.71. The first-order valence-electron chi connectivity index (χ1n) is 13.4. The van der Waals surface area contributed by atoms with E-state index in [0.29, 0.717) is 28.8 Å². The number of pyridine rings is 1. The molecule has 0 unspecified atom stereocenters. The van der Waals surface area contributed by atoms with Gasteiger partial charge in [0.1, 0.15) is 12.4 Å². The van der Waals surface area contributed by atoms with Gasteiger partial charge in [-0.3, -0.25) is 9.69 Å². The van der Waals surface area contributed by atoms with E-state index < -0.39 is 0 Å². The molecule has 0 aliphatic carbocycles. The summed E-state index contributed by atoms with van der Waals surface area (Å²) in [4.78, 5) is 19.6. The van der Waals surface area contributed by atoms with E-state index in [1.807, 2.05) is 66.7 Å². The average molecular weight is 553 g/mol. The van der Waals surface area contributed by atoms with Crippen molar-refractivity contribution in [1.29, 1.82) is 0 Å². The van der Waals surface area contributed by atoms with E-state index in [2.05, 4.69) is 20.5 Å². The van der Waals surface area contributed by atoms with Crippen molar-refractivity contribution in [1.82, 2.24) is 19.5 Å². The van der Waals surface area contributed by atoms with Crippen molar-refractivity contribution in [3.8, 4) is 17.0 Å². The maximum Gasteiger partial charge on any atom is 0.255 e. The van der Waals surface area contributed by atoms with Crippen LogP contribution in [0, 0.1) is 0 Å². The Hall–Kier alpha value is -4.40. The third-order valence-electron chi connectivity index (χ3n) is 6.87. The minimum atomic E-state index is -0.217. The van der Waals surface area contributed by atoms with Crippen LogP contribution in [0.15, 0.2) is 91.0 Å². The average Bonchev–Trinajstić information content (AvgIpc) is 3.64. The predicted molar refractivity (Wildman–Crippen MR) is 159 cm³/mol. The van der Waals surface area contributed by atoms with Gasteiger partial charge in [-0.25, -0.2) is 4.52 Å². The highest BCUT2D eigenvalue weighted by Crippen LogP contribution is 2.25. The van der Waals surface area contributed by atoms with E-state index in [9.17, 15) is 4.79 Å². The molecule has 5 aromatic rings. The first-order valence-corrected chi connectivity index (χ1v) is 13.7. The fourth-order valence-electron chi connectivity index (χ4n) is 4.80. The van der Waals surface area contributed by atoms with Gasteiger partial charge in [0.05, 0.1) is 5.69 Å². The van der Waals surface area contributed by atoms with E-state index in [-0.39, 0.29) is 5.91 Å². The number of rotatable bonds is 9. The molecule has 3 aromatic carbocycles. The Balaban J connectivity index is 1.11. The van der Waals surface area contributed by atoms with Gasteiger partial charge in [-0.05, 0) is 92.7 Å². The summed E-state index contributed by atoms with van der Waals surface area (Å²) in [7, 11) is 0. The Labute approximate surface area is 237 Å². The van der Waals surface area contributed by atoms with Gasteiger partial charge in [0.15, 0.2) is 5.65 Å². The molecule has 0 atom stereocenters. The molecular weight excluding hydrogens is 524 g/mol. The minimum Gasteiger partial charge on any atom is -0.492 e. The Bertz CT molecular complexity index is 1610. The van der Waals surface area contributed by atoms with Crippen LogP contribution >= 0.6 is 11.6 Å². The largest absolute Gasteiger partial charge is 0.492 e. The molecule has 0 saturated carbocycles. The highest BCUT2D eigenvalue weighted by molar-refractivity contribution is 6.31. The van der Waals surface area contributed by atoms with Crippen LogP contribution in [0.25, 0.3) is 16.9 Å². The van der Waals surface area contributed by atoms with E-state index in [4.69, 9.17) is 21.4 Å². The normalized spacial score (nSPS) is 13.4. The van der Waals surface area contributed by atoms with Crippen LogP contribution in [-0.4, -0.2) is 51.6 Å². The van der Waals surface area contributed by atoms with E-state index in [0.717, 1.165) is 34.9 Å². The van der Waals surface area contributed by atoms with Crippen LogP contribution in [0.4, 0.5) is 17.3 Å². The number of nitrogens with one attached hydrogen (secondary N) is 2. The Morgan fingerprint density at radius 3 is 2.42 bits per heavy atom. The summed E-state index contributed by atoms with van der Waals surface area (Å²) in [5.74, 6) is 1.13. The van der Waals surface area contributed by atoms with Gasteiger partial charge < -0.3 is 15.4 Å². The van der Waals surface area contributed by atoms with Gasteiger partial charge in [0, 0.05) is 34.1 Å². The number of anilines is 3. The van der Waals surface area contributed by atoms with Crippen molar-refractivity contribution in [2.24, 2.45) is 0 Å². The van der Waals surface area contributed by atoms with Crippen molar-refractivity contribution < 1.29 is 9.53 Å². The zero-order valence-electron chi connectivity index (χ0n) is 21.9. The highest BCUT2D eigenvalue weighted by Gasteiger charge is 2.12. The van der Waals surface area contributed by atoms with Crippen LogP contribution in [0.1, 0.15) is 23.2 Å². The topological polar surface area (TPSA) is 83.8 Å². The third kappa shape index (κ3) is 6.09. The SMILES string of the molecule is O=C(Nc1ccc(-c2cccc3nc(Nc4ccc(OCCN5CCCC5)cc4)nn23)cc1)c1cccc(Cl)c1. The molecule has 0 spiro atoms. The predicted octanol–water partition coefficient (Wildman–Crippen LogP) is 6.52. The molecule has 1 amide bonds. The van der Waals surface area contributed by atoms with Crippen molar-refractivity contribution in [2.75, 3.05) is 36.9 Å². The van der Waals surface area contributed by atoms with Crippen LogP contribution in [0.5, 0.6) is 5.75 Å². The lowest BCUT2D eigenvalue weighted by atomic mass is 10.1. The maximum atomic E-state index is 12.6. The maximum absolute atomic E-state index is 12.6. The van der Waals surface area contributed by atoms with Crippen molar-refractivity contribution >= 4 is 40.5 Å². The molecule has 2 aromatic heterocycles. The molecule has 9 heteroatoms. The van der Waals surface area contributed by atoms with E-state index in [1.165, 1.54) is 25.9 Å². The van der Waals surface area contributed by atoms with Crippen LogP contribution in [0.3, 0.4) is 0 Å². The molecule has 1 aliphatic rings. The van der Waals surface area contributed by atoms with Gasteiger partial charge >= 0.3 is 0 Å². The number of amides is 1. The highest BCUT2D eigenvalue weighted by atomic mass is 35.5. The van der Waals surface area contributed by atoms with Gasteiger partial charge in [0.2, 0.25) is 5.95 Å². The second-order valence-electron chi connectivity index (χ2n) is 9.70. The fraction of sp³-hybridized carbons (Fsp3) is 0.194. The van der Waals surface area contributed by atoms with Gasteiger partial charge in [0.25, 0.3) is 5.91 Å². The minimum absolute atomic E-state index is 0.217. The van der Waals surface area contributed by atoms with Crippen LogP contribution < -0.4 is 15.4 Å². The molecule has 40 heavy (non-hydrogen) atoms. The fourth-order valence-corrected chi connectivity index (χ4v) is 4.99. The van der Waals surface area contributed by atoms with E-state index in [1.54, 1.807) is 28.8 Å². The smallest absolute Gasteiger partial charge is 0.255 e. The zero-order valence-corrected chi connectivity index (χ0v) is 22.6. The summed E-state index contributed by atoms with van der Waals surface area (Å²) >= 11 is 6.01. The number of halogens is 1. The second-order valence-corrected chi connectivity index (χ2v) is 10.1. The summed E-state index contributed by atoms with van der Waals surface area (Å²) in [6.45, 7) is 4.01. The Morgan fingerprint density at radius 2 is 1.65 bits per heavy atom.